The number of fused-ring (bicyclic) bond motifs is 1. The molecule has 2 aromatic heterocycles. The van der Waals surface area contributed by atoms with E-state index in [2.05, 4.69) is 5.32 Å². The molecule has 1 N–H and O–H groups in total. The number of aryl methyl sites for hydroxylation is 1. The second-order valence-corrected chi connectivity index (χ2v) is 9.32. The number of nitrogens with one attached hydrogen (secondary N) is 1. The standard InChI is InChI=1S/C21H14Cl3N3O3S/c1-11-5-17-19(29)27(16-4-2-3-12(22)9-16)21(30)26(20(17)31-11)10-18(28)25-15-7-13(23)6-14(24)8-15/h2-9H,10H2,1H3,(H,25,28). The summed E-state index contributed by atoms with van der Waals surface area (Å²) in [6.45, 7) is 1.52. The van der Waals surface area contributed by atoms with Gasteiger partial charge in [0.2, 0.25) is 5.91 Å². The molecule has 0 bridgehead atoms. The molecule has 0 saturated carbocycles. The van der Waals surface area contributed by atoms with Gasteiger partial charge in [0.05, 0.1) is 11.1 Å². The number of aromatic nitrogens is 2. The third kappa shape index (κ3) is 4.41. The van der Waals surface area contributed by atoms with Crippen LogP contribution in [0.5, 0.6) is 0 Å². The van der Waals surface area contributed by atoms with Crippen molar-refractivity contribution in [1.82, 2.24) is 9.13 Å². The van der Waals surface area contributed by atoms with Gasteiger partial charge < -0.3 is 5.32 Å². The fraction of sp³-hybridized carbons (Fsp3) is 0.0952. The Morgan fingerprint density at radius 2 is 1.71 bits per heavy atom. The van der Waals surface area contributed by atoms with E-state index in [1.807, 2.05) is 6.92 Å². The first-order chi connectivity index (χ1) is 14.7. The van der Waals surface area contributed by atoms with E-state index in [4.69, 9.17) is 34.8 Å². The van der Waals surface area contributed by atoms with Crippen molar-refractivity contribution in [2.24, 2.45) is 0 Å². The Kier molecular flexibility index (Phi) is 5.94. The van der Waals surface area contributed by atoms with Crippen LogP contribution < -0.4 is 16.6 Å². The predicted molar refractivity (Wildman–Crippen MR) is 127 cm³/mol. The molecule has 0 unspecified atom stereocenters. The summed E-state index contributed by atoms with van der Waals surface area (Å²) in [4.78, 5) is 40.3. The van der Waals surface area contributed by atoms with Crippen LogP contribution in [-0.4, -0.2) is 15.0 Å². The monoisotopic (exact) mass is 493 g/mol. The average molecular weight is 495 g/mol. The maximum Gasteiger partial charge on any atom is 0.337 e. The molecule has 158 valence electrons. The quantitative estimate of drug-likeness (QED) is 0.428. The van der Waals surface area contributed by atoms with Crippen molar-refractivity contribution in [2.45, 2.75) is 13.5 Å². The van der Waals surface area contributed by atoms with Crippen LogP contribution in [0.2, 0.25) is 15.1 Å². The van der Waals surface area contributed by atoms with Crippen LogP contribution in [0.1, 0.15) is 4.88 Å². The van der Waals surface area contributed by atoms with Crippen LogP contribution in [0.4, 0.5) is 5.69 Å². The molecule has 0 saturated heterocycles. The molecule has 0 atom stereocenters. The van der Waals surface area contributed by atoms with Crippen molar-refractivity contribution in [2.75, 3.05) is 5.32 Å². The number of carbonyl (C=O) groups is 1. The van der Waals surface area contributed by atoms with E-state index in [1.165, 1.54) is 22.0 Å². The normalized spacial score (nSPS) is 11.1. The largest absolute Gasteiger partial charge is 0.337 e. The second-order valence-electron chi connectivity index (χ2n) is 6.77. The van der Waals surface area contributed by atoms with Crippen molar-refractivity contribution in [1.29, 1.82) is 0 Å². The van der Waals surface area contributed by atoms with Crippen LogP contribution in [-0.2, 0) is 11.3 Å². The van der Waals surface area contributed by atoms with Crippen molar-refractivity contribution in [3.63, 3.8) is 0 Å². The highest BCUT2D eigenvalue weighted by Gasteiger charge is 2.19. The first-order valence-corrected chi connectivity index (χ1v) is 11.0. The molecule has 10 heteroatoms. The third-order valence-corrected chi connectivity index (χ3v) is 6.20. The summed E-state index contributed by atoms with van der Waals surface area (Å²) >= 11 is 19.3. The zero-order valence-electron chi connectivity index (χ0n) is 16.0. The fourth-order valence-electron chi connectivity index (χ4n) is 3.22. The Morgan fingerprint density at radius 1 is 1.00 bits per heavy atom. The molecule has 0 radical (unpaired) electrons. The number of carbonyl (C=O) groups excluding carboxylic acids is 1. The first-order valence-electron chi connectivity index (χ1n) is 9.01. The van der Waals surface area contributed by atoms with Gasteiger partial charge >= 0.3 is 5.69 Å². The number of hydrogen-bond donors (Lipinski definition) is 1. The van der Waals surface area contributed by atoms with E-state index in [9.17, 15) is 14.4 Å². The minimum absolute atomic E-state index is 0.305. The van der Waals surface area contributed by atoms with E-state index in [1.54, 1.807) is 42.5 Å². The van der Waals surface area contributed by atoms with Crippen molar-refractivity contribution in [3.05, 3.63) is 89.3 Å². The van der Waals surface area contributed by atoms with Crippen molar-refractivity contribution in [3.8, 4) is 5.69 Å². The van der Waals surface area contributed by atoms with Gasteiger partial charge in [-0.2, -0.15) is 0 Å². The summed E-state index contributed by atoms with van der Waals surface area (Å²) in [7, 11) is 0. The Labute approximate surface area is 195 Å². The lowest BCUT2D eigenvalue weighted by atomic mass is 10.3. The van der Waals surface area contributed by atoms with Gasteiger partial charge in [-0.1, -0.05) is 40.9 Å². The van der Waals surface area contributed by atoms with E-state index in [0.717, 1.165) is 9.44 Å². The molecule has 0 aliphatic carbocycles. The molecular weight excluding hydrogens is 481 g/mol. The third-order valence-electron chi connectivity index (χ3n) is 4.45. The fourth-order valence-corrected chi connectivity index (χ4v) is 4.92. The lowest BCUT2D eigenvalue weighted by Gasteiger charge is -2.13. The summed E-state index contributed by atoms with van der Waals surface area (Å²) < 4.78 is 2.29. The van der Waals surface area contributed by atoms with E-state index >= 15 is 0 Å². The van der Waals surface area contributed by atoms with Gasteiger partial charge in [0.15, 0.2) is 0 Å². The molecule has 1 amide bonds. The van der Waals surface area contributed by atoms with Crippen LogP contribution in [0.15, 0.2) is 58.1 Å². The molecule has 31 heavy (non-hydrogen) atoms. The molecule has 0 spiro atoms. The SMILES string of the molecule is Cc1cc2c(=O)n(-c3cccc(Cl)c3)c(=O)n(CC(=O)Nc3cc(Cl)cc(Cl)c3)c2s1. The van der Waals surface area contributed by atoms with Crippen LogP contribution in [0, 0.1) is 6.92 Å². The molecular formula is C21H14Cl3N3O3S. The number of rotatable bonds is 4. The molecule has 6 nitrogen and oxygen atoms in total. The Hall–Kier alpha value is -2.58. The molecule has 2 heterocycles. The highest BCUT2D eigenvalue weighted by Crippen LogP contribution is 2.24. The van der Waals surface area contributed by atoms with Crippen LogP contribution in [0.3, 0.4) is 0 Å². The summed E-state index contributed by atoms with van der Waals surface area (Å²) in [6.07, 6.45) is 0. The van der Waals surface area contributed by atoms with Gasteiger partial charge in [-0.3, -0.25) is 14.2 Å². The zero-order chi connectivity index (χ0) is 22.3. The minimum Gasteiger partial charge on any atom is -0.324 e. The summed E-state index contributed by atoms with van der Waals surface area (Å²) in [5, 5.41) is 4.15. The van der Waals surface area contributed by atoms with Gasteiger partial charge in [0, 0.05) is 25.6 Å². The van der Waals surface area contributed by atoms with E-state index in [0.29, 0.717) is 36.7 Å². The van der Waals surface area contributed by atoms with Crippen molar-refractivity contribution >= 4 is 68.0 Å². The van der Waals surface area contributed by atoms with Crippen molar-refractivity contribution < 1.29 is 4.79 Å². The highest BCUT2D eigenvalue weighted by atomic mass is 35.5. The van der Waals surface area contributed by atoms with Gasteiger partial charge in [-0.15, -0.1) is 11.3 Å². The number of anilines is 1. The van der Waals surface area contributed by atoms with Gasteiger partial charge in [-0.05, 0) is 49.4 Å². The Bertz CT molecular complexity index is 1440. The zero-order valence-corrected chi connectivity index (χ0v) is 19.1. The van der Waals surface area contributed by atoms with Crippen LogP contribution >= 0.6 is 46.1 Å². The number of halogens is 3. The Morgan fingerprint density at radius 3 is 2.39 bits per heavy atom. The molecule has 0 fully saturated rings. The first kappa shape index (κ1) is 21.6. The summed E-state index contributed by atoms with van der Waals surface area (Å²) in [5.74, 6) is -0.468. The number of thiophene rings is 1. The van der Waals surface area contributed by atoms with E-state index < -0.39 is 17.2 Å². The second kappa shape index (κ2) is 8.51. The Balaban J connectivity index is 1.82. The van der Waals surface area contributed by atoms with E-state index in [-0.39, 0.29) is 6.54 Å². The number of amides is 1. The highest BCUT2D eigenvalue weighted by molar-refractivity contribution is 7.18. The lowest BCUT2D eigenvalue weighted by molar-refractivity contribution is -0.116. The maximum atomic E-state index is 13.3. The molecule has 0 aliphatic rings. The summed E-state index contributed by atoms with van der Waals surface area (Å²) in [6, 6.07) is 12.8. The van der Waals surface area contributed by atoms with Crippen LogP contribution in [0.25, 0.3) is 15.9 Å². The molecule has 4 rings (SSSR count). The number of benzene rings is 2. The maximum absolute atomic E-state index is 13.3. The number of nitrogens with zero attached hydrogens (tertiary/aromatic N) is 2. The van der Waals surface area contributed by atoms with Gasteiger partial charge in [0.25, 0.3) is 5.56 Å². The van der Waals surface area contributed by atoms with Gasteiger partial charge in [-0.25, -0.2) is 9.36 Å². The lowest BCUT2D eigenvalue weighted by Crippen LogP contribution is -2.40. The average Bonchev–Trinajstić information content (AvgIpc) is 3.06. The molecule has 4 aromatic rings. The van der Waals surface area contributed by atoms with Gasteiger partial charge in [0.1, 0.15) is 11.4 Å². The minimum atomic E-state index is -0.638. The predicted octanol–water partition coefficient (Wildman–Crippen LogP) is 5.12. The topological polar surface area (TPSA) is 73.1 Å². The number of hydrogen-bond acceptors (Lipinski definition) is 4. The molecule has 0 aliphatic heterocycles. The smallest absolute Gasteiger partial charge is 0.324 e. The molecule has 2 aromatic carbocycles. The summed E-state index contributed by atoms with van der Waals surface area (Å²) in [5.41, 5.74) is -0.382.